The van der Waals surface area contributed by atoms with Gasteiger partial charge in [-0.05, 0) is 42.9 Å². The molecule has 1 unspecified atom stereocenters. The summed E-state index contributed by atoms with van der Waals surface area (Å²) < 4.78 is 10.6. The van der Waals surface area contributed by atoms with Gasteiger partial charge >= 0.3 is 0 Å². The van der Waals surface area contributed by atoms with Crippen molar-refractivity contribution in [1.29, 1.82) is 0 Å². The minimum atomic E-state index is 0.235. The minimum absolute atomic E-state index is 0.235. The van der Waals surface area contributed by atoms with Crippen molar-refractivity contribution >= 4 is 11.6 Å². The molecule has 1 aromatic rings. The maximum atomic E-state index is 6.59. The van der Waals surface area contributed by atoms with Crippen LogP contribution in [0.2, 0.25) is 0 Å². The molecule has 1 fully saturated rings. The van der Waals surface area contributed by atoms with E-state index in [0.29, 0.717) is 5.92 Å². The fourth-order valence-corrected chi connectivity index (χ4v) is 3.33. The van der Waals surface area contributed by atoms with Crippen LogP contribution < -0.4 is 9.47 Å². The van der Waals surface area contributed by atoms with E-state index in [1.807, 2.05) is 12.1 Å². The summed E-state index contributed by atoms with van der Waals surface area (Å²) >= 11 is 6.59. The number of methoxy groups -OCH3 is 2. The number of halogens is 1. The Kier molecular flexibility index (Phi) is 5.38. The van der Waals surface area contributed by atoms with Crippen molar-refractivity contribution < 1.29 is 9.47 Å². The first-order valence-corrected chi connectivity index (χ1v) is 7.53. The standard InChI is InChI=1S/C16H23ClO2/c1-18-15-9-8-12(11-16(15)19-2)10-14(17)13-6-4-3-5-7-13/h8-9,11,13-14H,3-7,10H2,1-2H3. The largest absolute Gasteiger partial charge is 0.493 e. The molecule has 0 aromatic heterocycles. The number of hydrogen-bond acceptors (Lipinski definition) is 2. The average Bonchev–Trinajstić information content (AvgIpc) is 2.48. The van der Waals surface area contributed by atoms with E-state index in [1.165, 1.54) is 37.7 Å². The first kappa shape index (κ1) is 14.5. The highest BCUT2D eigenvalue weighted by Gasteiger charge is 2.22. The second-order valence-electron chi connectivity index (χ2n) is 5.31. The Bertz CT molecular complexity index is 400. The van der Waals surface area contributed by atoms with Crippen molar-refractivity contribution in [2.24, 2.45) is 5.92 Å². The molecule has 0 aliphatic heterocycles. The Morgan fingerprint density at radius 3 is 2.42 bits per heavy atom. The van der Waals surface area contributed by atoms with Gasteiger partial charge in [-0.3, -0.25) is 0 Å². The van der Waals surface area contributed by atoms with Crippen molar-refractivity contribution in [1.82, 2.24) is 0 Å². The van der Waals surface area contributed by atoms with Crippen LogP contribution in [0.5, 0.6) is 11.5 Å². The highest BCUT2D eigenvalue weighted by atomic mass is 35.5. The molecule has 1 aromatic carbocycles. The van der Waals surface area contributed by atoms with E-state index < -0.39 is 0 Å². The van der Waals surface area contributed by atoms with Gasteiger partial charge in [-0.1, -0.05) is 25.3 Å². The maximum absolute atomic E-state index is 6.59. The quantitative estimate of drug-likeness (QED) is 0.744. The molecule has 0 radical (unpaired) electrons. The third-order valence-corrected chi connectivity index (χ3v) is 4.55. The molecule has 106 valence electrons. The molecule has 2 rings (SSSR count). The first-order chi connectivity index (χ1) is 9.24. The molecule has 0 bridgehead atoms. The number of hydrogen-bond donors (Lipinski definition) is 0. The lowest BCUT2D eigenvalue weighted by Crippen LogP contribution is -2.20. The van der Waals surface area contributed by atoms with Gasteiger partial charge in [-0.15, -0.1) is 11.6 Å². The zero-order valence-corrected chi connectivity index (χ0v) is 12.6. The molecule has 3 heteroatoms. The summed E-state index contributed by atoms with van der Waals surface area (Å²) in [4.78, 5) is 0. The lowest BCUT2D eigenvalue weighted by Gasteiger charge is -2.26. The summed E-state index contributed by atoms with van der Waals surface area (Å²) in [6.07, 6.45) is 7.51. The molecular formula is C16H23ClO2. The summed E-state index contributed by atoms with van der Waals surface area (Å²) in [5.74, 6) is 2.23. The Labute approximate surface area is 121 Å². The topological polar surface area (TPSA) is 18.5 Å². The van der Waals surface area contributed by atoms with Crippen molar-refractivity contribution in [3.8, 4) is 11.5 Å². The van der Waals surface area contributed by atoms with Gasteiger partial charge in [0, 0.05) is 5.38 Å². The molecular weight excluding hydrogens is 260 g/mol. The molecule has 1 atom stereocenters. The van der Waals surface area contributed by atoms with Crippen LogP contribution >= 0.6 is 11.6 Å². The summed E-state index contributed by atoms with van der Waals surface area (Å²) in [7, 11) is 3.32. The minimum Gasteiger partial charge on any atom is -0.493 e. The van der Waals surface area contributed by atoms with Crippen LogP contribution in [0.15, 0.2) is 18.2 Å². The molecule has 19 heavy (non-hydrogen) atoms. The molecule has 0 saturated heterocycles. The van der Waals surface area contributed by atoms with Crippen molar-refractivity contribution in [2.75, 3.05) is 14.2 Å². The lowest BCUT2D eigenvalue weighted by atomic mass is 9.85. The summed E-state index contributed by atoms with van der Waals surface area (Å²) in [6, 6.07) is 6.08. The Hall–Kier alpha value is -0.890. The molecule has 2 nitrogen and oxygen atoms in total. The van der Waals surface area contributed by atoms with E-state index in [-0.39, 0.29) is 5.38 Å². The number of benzene rings is 1. The smallest absolute Gasteiger partial charge is 0.160 e. The van der Waals surface area contributed by atoms with E-state index in [1.54, 1.807) is 14.2 Å². The second-order valence-corrected chi connectivity index (χ2v) is 5.87. The monoisotopic (exact) mass is 282 g/mol. The molecule has 1 aliphatic rings. The van der Waals surface area contributed by atoms with E-state index in [9.17, 15) is 0 Å². The van der Waals surface area contributed by atoms with Gasteiger partial charge in [0.15, 0.2) is 11.5 Å². The van der Waals surface area contributed by atoms with Gasteiger partial charge < -0.3 is 9.47 Å². The molecule has 0 N–H and O–H groups in total. The fourth-order valence-electron chi connectivity index (χ4n) is 2.90. The zero-order chi connectivity index (χ0) is 13.7. The van der Waals surface area contributed by atoms with E-state index in [4.69, 9.17) is 21.1 Å². The Morgan fingerprint density at radius 2 is 1.79 bits per heavy atom. The van der Waals surface area contributed by atoms with Gasteiger partial charge in [-0.2, -0.15) is 0 Å². The summed E-state index contributed by atoms with van der Waals surface area (Å²) in [5, 5.41) is 0.235. The molecule has 1 saturated carbocycles. The Morgan fingerprint density at radius 1 is 1.11 bits per heavy atom. The highest BCUT2D eigenvalue weighted by Crippen LogP contribution is 2.33. The third-order valence-electron chi connectivity index (χ3n) is 4.04. The molecule has 0 heterocycles. The van der Waals surface area contributed by atoms with Crippen molar-refractivity contribution in [3.63, 3.8) is 0 Å². The average molecular weight is 283 g/mol. The lowest BCUT2D eigenvalue weighted by molar-refractivity contribution is 0.342. The zero-order valence-electron chi connectivity index (χ0n) is 11.8. The number of alkyl halides is 1. The summed E-state index contributed by atoms with van der Waals surface area (Å²) in [6.45, 7) is 0. The van der Waals surface area contributed by atoms with Gasteiger partial charge in [0.2, 0.25) is 0 Å². The normalized spacial score (nSPS) is 18.1. The van der Waals surface area contributed by atoms with E-state index in [2.05, 4.69) is 6.07 Å². The van der Waals surface area contributed by atoms with Gasteiger partial charge in [0.1, 0.15) is 0 Å². The SMILES string of the molecule is COc1ccc(CC(Cl)C2CCCCC2)cc1OC. The third kappa shape index (κ3) is 3.79. The molecule has 0 amide bonds. The second kappa shape index (κ2) is 7.04. The predicted molar refractivity (Wildman–Crippen MR) is 79.5 cm³/mol. The molecule has 0 spiro atoms. The van der Waals surface area contributed by atoms with Crippen LogP contribution in [0.3, 0.4) is 0 Å². The van der Waals surface area contributed by atoms with Crippen LogP contribution in [0.4, 0.5) is 0 Å². The Balaban J connectivity index is 2.01. The van der Waals surface area contributed by atoms with Crippen LogP contribution in [0.1, 0.15) is 37.7 Å². The highest BCUT2D eigenvalue weighted by molar-refractivity contribution is 6.20. The van der Waals surface area contributed by atoms with Crippen LogP contribution in [-0.2, 0) is 6.42 Å². The van der Waals surface area contributed by atoms with Crippen molar-refractivity contribution in [2.45, 2.75) is 43.9 Å². The van der Waals surface area contributed by atoms with E-state index >= 15 is 0 Å². The van der Waals surface area contributed by atoms with E-state index in [0.717, 1.165) is 17.9 Å². The predicted octanol–water partition coefficient (Wildman–Crippen LogP) is 4.43. The number of ether oxygens (including phenoxy) is 2. The van der Waals surface area contributed by atoms with Gasteiger partial charge in [-0.25, -0.2) is 0 Å². The van der Waals surface area contributed by atoms with Crippen LogP contribution in [0.25, 0.3) is 0 Å². The van der Waals surface area contributed by atoms with Gasteiger partial charge in [0.25, 0.3) is 0 Å². The first-order valence-electron chi connectivity index (χ1n) is 7.09. The van der Waals surface area contributed by atoms with Gasteiger partial charge in [0.05, 0.1) is 14.2 Å². The maximum Gasteiger partial charge on any atom is 0.160 e. The van der Waals surface area contributed by atoms with Crippen LogP contribution in [-0.4, -0.2) is 19.6 Å². The molecule has 1 aliphatic carbocycles. The summed E-state index contributed by atoms with van der Waals surface area (Å²) in [5.41, 5.74) is 1.23. The fraction of sp³-hybridized carbons (Fsp3) is 0.625. The van der Waals surface area contributed by atoms with Crippen molar-refractivity contribution in [3.05, 3.63) is 23.8 Å². The van der Waals surface area contributed by atoms with Crippen LogP contribution in [0, 0.1) is 5.92 Å². The number of rotatable bonds is 5.